The second-order valence-corrected chi connectivity index (χ2v) is 19.2. The smallest absolute Gasteiger partial charge is 0.308 e. The first-order valence-electron chi connectivity index (χ1n) is 14.2. The highest BCUT2D eigenvalue weighted by Crippen LogP contribution is 2.44. The van der Waals surface area contributed by atoms with Gasteiger partial charge in [-0.2, -0.15) is 0 Å². The standard InChI is InChI=1S/C30H40N4O5SSi/c1-19(39-41(6,7)30(2,3)4)27-32-24-25(34(27)21-15-13-20(14-16-21)29(35)38-5)23-17-18-31-26(23)33-28(24)40(36,37)22-11-9-8-10-12-22/h8-12,17-21H,13-16H2,1-7H3,(H,31,33)/t19-,20?,21?/m1/s1. The number of fused-ring (bicyclic) bond motifs is 3. The monoisotopic (exact) mass is 596 g/mol. The summed E-state index contributed by atoms with van der Waals surface area (Å²) < 4.78 is 42.0. The highest BCUT2D eigenvalue weighted by atomic mass is 32.2. The summed E-state index contributed by atoms with van der Waals surface area (Å²) in [5.74, 6) is 0.368. The number of imidazole rings is 1. The summed E-state index contributed by atoms with van der Waals surface area (Å²) in [7, 11) is -4.75. The molecule has 4 aromatic rings. The number of aromatic nitrogens is 4. The van der Waals surface area contributed by atoms with E-state index in [1.165, 1.54) is 7.11 Å². The van der Waals surface area contributed by atoms with Gasteiger partial charge in [0.15, 0.2) is 13.3 Å². The number of ether oxygens (including phenoxy) is 1. The molecule has 1 atom stereocenters. The molecule has 0 spiro atoms. The van der Waals surface area contributed by atoms with Gasteiger partial charge in [0, 0.05) is 17.6 Å². The second-order valence-electron chi connectivity index (χ2n) is 12.6. The Morgan fingerprint density at radius 1 is 1.07 bits per heavy atom. The Kier molecular flexibility index (Phi) is 7.67. The minimum absolute atomic E-state index is 0.00847. The summed E-state index contributed by atoms with van der Waals surface area (Å²) >= 11 is 0. The molecule has 220 valence electrons. The average Bonchev–Trinajstić information content (AvgIpc) is 3.56. The number of methoxy groups -OCH3 is 1. The fraction of sp³-hybridized carbons (Fsp3) is 0.500. The van der Waals surface area contributed by atoms with Gasteiger partial charge < -0.3 is 18.7 Å². The first-order valence-corrected chi connectivity index (χ1v) is 18.6. The number of hydrogen-bond donors (Lipinski definition) is 1. The summed E-state index contributed by atoms with van der Waals surface area (Å²) in [6, 6.07) is 10.3. The fourth-order valence-electron chi connectivity index (χ4n) is 5.62. The largest absolute Gasteiger partial charge is 0.469 e. The predicted octanol–water partition coefficient (Wildman–Crippen LogP) is 6.73. The number of carbonyl (C=O) groups is 1. The molecule has 1 saturated carbocycles. The number of H-pyrrole nitrogens is 1. The van der Waals surface area contributed by atoms with Gasteiger partial charge in [-0.15, -0.1) is 0 Å². The summed E-state index contributed by atoms with van der Waals surface area (Å²) in [6.07, 6.45) is 4.23. The maximum atomic E-state index is 14.0. The van der Waals surface area contributed by atoms with Crippen molar-refractivity contribution in [3.05, 3.63) is 48.4 Å². The number of benzene rings is 1. The van der Waals surface area contributed by atoms with Gasteiger partial charge in [-0.3, -0.25) is 4.79 Å². The normalized spacial score (nSPS) is 19.5. The van der Waals surface area contributed by atoms with Crippen LogP contribution in [0.1, 0.15) is 71.3 Å². The molecule has 0 saturated heterocycles. The van der Waals surface area contributed by atoms with Crippen LogP contribution < -0.4 is 0 Å². The van der Waals surface area contributed by atoms with Crippen LogP contribution in [0, 0.1) is 5.92 Å². The Morgan fingerprint density at radius 3 is 2.34 bits per heavy atom. The van der Waals surface area contributed by atoms with Gasteiger partial charge in [0.05, 0.1) is 23.4 Å². The first kappa shape index (κ1) is 29.5. The molecule has 5 rings (SSSR count). The van der Waals surface area contributed by atoms with E-state index in [4.69, 9.17) is 14.1 Å². The number of nitrogens with one attached hydrogen (secondary N) is 1. The number of pyridine rings is 1. The van der Waals surface area contributed by atoms with Crippen LogP contribution in [-0.4, -0.2) is 49.3 Å². The third-order valence-corrected chi connectivity index (χ3v) is 15.1. The first-order chi connectivity index (χ1) is 19.3. The van der Waals surface area contributed by atoms with Gasteiger partial charge in [-0.25, -0.2) is 18.4 Å². The quantitative estimate of drug-likeness (QED) is 0.186. The topological polar surface area (TPSA) is 116 Å². The molecule has 3 heterocycles. The SMILES string of the molecule is COC(=O)C1CCC(n2c([C@@H](C)O[Si](C)(C)C(C)(C)C)nc3c(S(=O)(=O)c4ccccc4)nc4[nH]ccc4c32)CC1. The molecule has 41 heavy (non-hydrogen) atoms. The van der Waals surface area contributed by atoms with Gasteiger partial charge >= 0.3 is 5.97 Å². The average molecular weight is 597 g/mol. The van der Waals surface area contributed by atoms with Gasteiger partial charge in [-0.1, -0.05) is 39.0 Å². The Labute approximate surface area is 242 Å². The van der Waals surface area contributed by atoms with E-state index in [0.29, 0.717) is 29.8 Å². The zero-order valence-corrected chi connectivity index (χ0v) is 26.7. The molecule has 0 radical (unpaired) electrons. The molecule has 3 aromatic heterocycles. The van der Waals surface area contributed by atoms with Crippen molar-refractivity contribution in [2.45, 2.75) is 93.6 Å². The van der Waals surface area contributed by atoms with Crippen LogP contribution in [0.5, 0.6) is 0 Å². The maximum Gasteiger partial charge on any atom is 0.308 e. The molecular formula is C30H40N4O5SSi. The van der Waals surface area contributed by atoms with E-state index in [0.717, 1.165) is 23.7 Å². The zero-order valence-electron chi connectivity index (χ0n) is 24.9. The van der Waals surface area contributed by atoms with Crippen LogP contribution >= 0.6 is 0 Å². The van der Waals surface area contributed by atoms with Crippen molar-refractivity contribution in [1.82, 2.24) is 19.5 Å². The van der Waals surface area contributed by atoms with Crippen molar-refractivity contribution in [2.75, 3.05) is 7.11 Å². The molecule has 1 aliphatic carbocycles. The van der Waals surface area contributed by atoms with E-state index in [9.17, 15) is 13.2 Å². The number of esters is 1. The van der Waals surface area contributed by atoms with Crippen LogP contribution in [0.15, 0.2) is 52.5 Å². The summed E-state index contributed by atoms with van der Waals surface area (Å²) in [4.78, 5) is 25.3. The van der Waals surface area contributed by atoms with E-state index in [1.54, 1.807) is 36.5 Å². The van der Waals surface area contributed by atoms with E-state index in [-0.39, 0.29) is 39.0 Å². The fourth-order valence-corrected chi connectivity index (χ4v) is 8.31. The van der Waals surface area contributed by atoms with Gasteiger partial charge in [0.1, 0.15) is 23.1 Å². The van der Waals surface area contributed by atoms with Crippen LogP contribution in [0.25, 0.3) is 22.1 Å². The molecule has 1 aliphatic rings. The van der Waals surface area contributed by atoms with Crippen molar-refractivity contribution in [2.24, 2.45) is 5.92 Å². The minimum atomic E-state index is -3.98. The third kappa shape index (κ3) is 5.23. The number of sulfone groups is 1. The van der Waals surface area contributed by atoms with Crippen molar-refractivity contribution < 1.29 is 22.4 Å². The highest BCUT2D eigenvalue weighted by molar-refractivity contribution is 7.91. The van der Waals surface area contributed by atoms with Crippen LogP contribution in [0.2, 0.25) is 18.1 Å². The molecule has 0 unspecified atom stereocenters. The van der Waals surface area contributed by atoms with Gasteiger partial charge in [0.25, 0.3) is 0 Å². The van der Waals surface area contributed by atoms with Crippen LogP contribution in [0.4, 0.5) is 0 Å². The molecule has 0 aliphatic heterocycles. The summed E-state index contributed by atoms with van der Waals surface area (Å²) in [6.45, 7) is 13.0. The van der Waals surface area contributed by atoms with Crippen molar-refractivity contribution in [3.8, 4) is 0 Å². The highest BCUT2D eigenvalue weighted by Gasteiger charge is 2.41. The zero-order chi connectivity index (χ0) is 29.7. The van der Waals surface area contributed by atoms with E-state index in [2.05, 4.69) is 48.4 Å². The summed E-state index contributed by atoms with van der Waals surface area (Å²) in [5, 5.41) is 0.713. The maximum absolute atomic E-state index is 14.0. The molecule has 0 amide bonds. The lowest BCUT2D eigenvalue weighted by Gasteiger charge is -2.39. The van der Waals surface area contributed by atoms with Crippen LogP contribution in [-0.2, 0) is 23.8 Å². The molecule has 0 bridgehead atoms. The van der Waals surface area contributed by atoms with E-state index in [1.807, 2.05) is 13.0 Å². The van der Waals surface area contributed by atoms with Gasteiger partial charge in [-0.05, 0) is 68.9 Å². The Hall–Kier alpha value is -3.02. The lowest BCUT2D eigenvalue weighted by atomic mass is 9.85. The van der Waals surface area contributed by atoms with Crippen molar-refractivity contribution >= 4 is 46.2 Å². The van der Waals surface area contributed by atoms with E-state index < -0.39 is 18.2 Å². The molecule has 1 N–H and O–H groups in total. The number of rotatable bonds is 7. The molecular weight excluding hydrogens is 557 g/mol. The summed E-state index contributed by atoms with van der Waals surface area (Å²) in [5.41, 5.74) is 1.56. The predicted molar refractivity (Wildman–Crippen MR) is 161 cm³/mol. The lowest BCUT2D eigenvalue weighted by molar-refractivity contribution is -0.146. The second kappa shape index (κ2) is 10.7. The number of aromatic amines is 1. The van der Waals surface area contributed by atoms with Crippen molar-refractivity contribution in [1.29, 1.82) is 0 Å². The van der Waals surface area contributed by atoms with Crippen molar-refractivity contribution in [3.63, 3.8) is 0 Å². The minimum Gasteiger partial charge on any atom is -0.469 e. The Morgan fingerprint density at radius 2 is 1.73 bits per heavy atom. The Balaban J connectivity index is 1.74. The molecule has 1 aromatic carbocycles. The van der Waals surface area contributed by atoms with E-state index >= 15 is 0 Å². The molecule has 1 fully saturated rings. The number of nitrogens with zero attached hydrogens (tertiary/aromatic N) is 3. The lowest BCUT2D eigenvalue weighted by Crippen LogP contribution is -2.41. The number of carbonyl (C=O) groups excluding carboxylic acids is 1. The van der Waals surface area contributed by atoms with Crippen LogP contribution in [0.3, 0.4) is 0 Å². The molecule has 11 heteroatoms. The third-order valence-electron chi connectivity index (χ3n) is 8.88. The Bertz CT molecular complexity index is 1680. The number of hydrogen-bond acceptors (Lipinski definition) is 7. The molecule has 9 nitrogen and oxygen atoms in total. The van der Waals surface area contributed by atoms with Gasteiger partial charge in [0.2, 0.25) is 9.84 Å².